The third kappa shape index (κ3) is 11.1. The lowest BCUT2D eigenvalue weighted by Crippen LogP contribution is -2.39. The van der Waals surface area contributed by atoms with E-state index >= 15 is 0 Å². The predicted molar refractivity (Wildman–Crippen MR) is 146 cm³/mol. The maximum absolute atomic E-state index is 10.6. The fourth-order valence-electron chi connectivity index (χ4n) is 2.97. The number of likely N-dealkylation sites (N-methyl/N-ethyl adjacent to an activating group) is 1. The largest absolute Gasteiger partial charge is 0.492 e. The molecule has 3 N–H and O–H groups in total. The van der Waals surface area contributed by atoms with Crippen molar-refractivity contribution in [3.05, 3.63) is 59.7 Å². The average Bonchev–Trinajstić information content (AvgIpc) is 2.76. The van der Waals surface area contributed by atoms with Crippen LogP contribution in [0.2, 0.25) is 0 Å². The summed E-state index contributed by atoms with van der Waals surface area (Å²) in [4.78, 5) is 6.76. The van der Waals surface area contributed by atoms with Crippen LogP contribution in [0.5, 0.6) is 11.5 Å². The summed E-state index contributed by atoms with van der Waals surface area (Å²) in [6.07, 6.45) is -0.538. The lowest BCUT2D eigenvalue weighted by atomic mass is 10.1. The maximum atomic E-state index is 10.6. The second-order valence-corrected chi connectivity index (χ2v) is 8.09. The molecule has 1 atom stereocenters. The van der Waals surface area contributed by atoms with Crippen LogP contribution >= 0.6 is 24.0 Å². The molecule has 2 aromatic carbocycles. The molecule has 0 spiro atoms. The Bertz CT molecular complexity index is 829. The van der Waals surface area contributed by atoms with E-state index in [9.17, 15) is 5.11 Å². The van der Waals surface area contributed by atoms with E-state index in [-0.39, 0.29) is 30.1 Å². The molecule has 0 radical (unpaired) electrons. The number of hydrogen-bond donors (Lipinski definition) is 3. The van der Waals surface area contributed by atoms with Gasteiger partial charge in [0.15, 0.2) is 5.96 Å². The monoisotopic (exact) mass is 570 g/mol. The van der Waals surface area contributed by atoms with Gasteiger partial charge in [-0.3, -0.25) is 0 Å². The van der Waals surface area contributed by atoms with Crippen LogP contribution in [0, 0.1) is 0 Å². The molecule has 0 bridgehead atoms. The van der Waals surface area contributed by atoms with Crippen molar-refractivity contribution in [3.8, 4) is 11.5 Å². The van der Waals surface area contributed by atoms with E-state index in [1.54, 1.807) is 0 Å². The van der Waals surface area contributed by atoms with Gasteiger partial charge >= 0.3 is 0 Å². The molecule has 1 unspecified atom stereocenters. The Labute approximate surface area is 215 Å². The summed E-state index contributed by atoms with van der Waals surface area (Å²) in [5, 5.41) is 17.0. The Kier molecular flexibility index (Phi) is 13.8. The molecule has 7 nitrogen and oxygen atoms in total. The minimum absolute atomic E-state index is 0. The van der Waals surface area contributed by atoms with E-state index < -0.39 is 6.10 Å². The predicted octanol–water partition coefficient (Wildman–Crippen LogP) is 3.82. The molecule has 0 fully saturated rings. The van der Waals surface area contributed by atoms with Gasteiger partial charge in [-0.25, -0.2) is 4.99 Å². The van der Waals surface area contributed by atoms with Gasteiger partial charge in [0.25, 0.3) is 0 Å². The van der Waals surface area contributed by atoms with Gasteiger partial charge in [0.1, 0.15) is 18.1 Å². The minimum atomic E-state index is -0.659. The second-order valence-electron chi connectivity index (χ2n) is 8.09. The highest BCUT2D eigenvalue weighted by atomic mass is 127. The second kappa shape index (κ2) is 15.7. The van der Waals surface area contributed by atoms with Gasteiger partial charge in [-0.15, -0.1) is 24.0 Å². The summed E-state index contributed by atoms with van der Waals surface area (Å²) in [5.41, 5.74) is 1.84. The molecule has 0 aliphatic carbocycles. The lowest BCUT2D eigenvalue weighted by Gasteiger charge is -2.17. The summed E-state index contributed by atoms with van der Waals surface area (Å²) >= 11 is 0. The van der Waals surface area contributed by atoms with E-state index in [0.29, 0.717) is 25.7 Å². The van der Waals surface area contributed by atoms with Gasteiger partial charge in [0.2, 0.25) is 0 Å². The van der Waals surface area contributed by atoms with Crippen LogP contribution in [0.15, 0.2) is 53.5 Å². The van der Waals surface area contributed by atoms with Crippen molar-refractivity contribution in [3.63, 3.8) is 0 Å². The van der Waals surface area contributed by atoms with Crippen molar-refractivity contribution in [2.45, 2.75) is 39.5 Å². The first-order chi connectivity index (χ1) is 15.4. The molecule has 0 aliphatic rings. The van der Waals surface area contributed by atoms with E-state index in [0.717, 1.165) is 35.7 Å². The number of aliphatic imine (C=N–C) groups is 1. The molecular weight excluding hydrogens is 531 g/mol. The molecule has 0 amide bonds. The number of rotatable bonds is 12. The zero-order valence-corrected chi connectivity index (χ0v) is 22.7. The summed E-state index contributed by atoms with van der Waals surface area (Å²) in [5.74, 6) is 2.29. The van der Waals surface area contributed by atoms with Crippen molar-refractivity contribution in [1.29, 1.82) is 0 Å². The number of halogens is 1. The first kappa shape index (κ1) is 29.0. The number of aliphatic hydroxyl groups is 1. The molecule has 8 heteroatoms. The quantitative estimate of drug-likeness (QED) is 0.205. The number of nitrogens with one attached hydrogen (secondary N) is 2. The van der Waals surface area contributed by atoms with Crippen LogP contribution in [0.1, 0.15) is 38.0 Å². The Balaban J connectivity index is 0.00000544. The van der Waals surface area contributed by atoms with Crippen LogP contribution < -0.4 is 20.1 Å². The van der Waals surface area contributed by atoms with Gasteiger partial charge in [0, 0.05) is 25.2 Å². The minimum Gasteiger partial charge on any atom is -0.492 e. The van der Waals surface area contributed by atoms with Crippen LogP contribution in [0.4, 0.5) is 0 Å². The molecule has 0 heterocycles. The van der Waals surface area contributed by atoms with E-state index in [1.165, 1.54) is 0 Å². The number of ether oxygens (including phenoxy) is 2. The van der Waals surface area contributed by atoms with Crippen LogP contribution in [-0.2, 0) is 6.54 Å². The Hall–Kier alpha value is -2.04. The van der Waals surface area contributed by atoms with E-state index in [1.807, 2.05) is 83.4 Å². The van der Waals surface area contributed by atoms with Crippen molar-refractivity contribution in [1.82, 2.24) is 15.5 Å². The average molecular weight is 571 g/mol. The Morgan fingerprint density at radius 1 is 1.06 bits per heavy atom. The van der Waals surface area contributed by atoms with Crippen molar-refractivity contribution >= 4 is 29.9 Å². The molecule has 184 valence electrons. The molecule has 2 rings (SSSR count). The highest BCUT2D eigenvalue weighted by Gasteiger charge is 2.10. The van der Waals surface area contributed by atoms with Gasteiger partial charge in [-0.2, -0.15) is 0 Å². The lowest BCUT2D eigenvalue weighted by molar-refractivity contribution is 0.180. The van der Waals surface area contributed by atoms with Crippen LogP contribution in [0.3, 0.4) is 0 Å². The van der Waals surface area contributed by atoms with Gasteiger partial charge < -0.3 is 30.1 Å². The fraction of sp³-hybridized carbons (Fsp3) is 0.480. The van der Waals surface area contributed by atoms with E-state index in [2.05, 4.69) is 20.5 Å². The topological polar surface area (TPSA) is 78.4 Å². The zero-order chi connectivity index (χ0) is 23.3. The molecular formula is C25H39IN4O3. The molecule has 0 aromatic heterocycles. The van der Waals surface area contributed by atoms with Gasteiger partial charge in [0.05, 0.1) is 18.8 Å². The normalized spacial score (nSPS) is 12.3. The number of hydrogen-bond acceptors (Lipinski definition) is 5. The summed E-state index contributed by atoms with van der Waals surface area (Å²) in [7, 11) is 4.05. The summed E-state index contributed by atoms with van der Waals surface area (Å²) in [6.45, 7) is 9.01. The Morgan fingerprint density at radius 3 is 2.39 bits per heavy atom. The molecule has 33 heavy (non-hydrogen) atoms. The number of aliphatic hydroxyl groups excluding tert-OH is 1. The van der Waals surface area contributed by atoms with E-state index in [4.69, 9.17) is 9.47 Å². The maximum Gasteiger partial charge on any atom is 0.191 e. The first-order valence-corrected chi connectivity index (χ1v) is 11.2. The number of benzene rings is 2. The SMILES string of the molecule is CCNC(=NCc1ccccc1OCCN(C)C)NCC(O)c1ccc(OC(C)C)cc1.I. The molecule has 0 saturated carbocycles. The summed E-state index contributed by atoms with van der Waals surface area (Å²) < 4.78 is 11.6. The number of nitrogens with zero attached hydrogens (tertiary/aromatic N) is 2. The number of guanidine groups is 1. The molecule has 0 saturated heterocycles. The smallest absolute Gasteiger partial charge is 0.191 e. The third-order valence-corrected chi connectivity index (χ3v) is 4.62. The van der Waals surface area contributed by atoms with Crippen LogP contribution in [-0.4, -0.2) is 62.4 Å². The molecule has 2 aromatic rings. The fourth-order valence-corrected chi connectivity index (χ4v) is 2.97. The highest BCUT2D eigenvalue weighted by Crippen LogP contribution is 2.20. The van der Waals surface area contributed by atoms with Gasteiger partial charge in [-0.1, -0.05) is 30.3 Å². The standard InChI is InChI=1S/C25H38N4O3.HI/c1-6-26-25(27-17-21-9-7-8-10-24(21)31-16-15-29(4)5)28-18-23(30)20-11-13-22(14-12-20)32-19(2)3;/h7-14,19,23,30H,6,15-18H2,1-5H3,(H2,26,27,28);1H. The van der Waals surface area contributed by atoms with Gasteiger partial charge in [-0.05, 0) is 58.6 Å². The Morgan fingerprint density at radius 2 is 1.76 bits per heavy atom. The van der Waals surface area contributed by atoms with Crippen LogP contribution in [0.25, 0.3) is 0 Å². The van der Waals surface area contributed by atoms with Crippen molar-refractivity contribution < 1.29 is 14.6 Å². The number of para-hydroxylation sites is 1. The third-order valence-electron chi connectivity index (χ3n) is 4.62. The van der Waals surface area contributed by atoms with Crippen molar-refractivity contribution in [2.75, 3.05) is 40.3 Å². The zero-order valence-electron chi connectivity index (χ0n) is 20.4. The molecule has 0 aliphatic heterocycles. The summed E-state index contributed by atoms with van der Waals surface area (Å²) in [6, 6.07) is 15.5. The highest BCUT2D eigenvalue weighted by molar-refractivity contribution is 14.0. The van der Waals surface area contributed by atoms with Crippen molar-refractivity contribution in [2.24, 2.45) is 4.99 Å². The first-order valence-electron chi connectivity index (χ1n) is 11.2.